The number of aromatic nitrogens is 2. The summed E-state index contributed by atoms with van der Waals surface area (Å²) in [4.78, 5) is 13.1. The first kappa shape index (κ1) is 25.8. The van der Waals surface area contributed by atoms with Crippen LogP contribution in [0.3, 0.4) is 0 Å². The highest BCUT2D eigenvalue weighted by molar-refractivity contribution is 6.36. The van der Waals surface area contributed by atoms with Crippen LogP contribution in [-0.4, -0.2) is 43.2 Å². The van der Waals surface area contributed by atoms with Crippen molar-refractivity contribution in [2.45, 2.75) is 24.7 Å². The largest absolute Gasteiger partial charge is 0.497 e. The molecule has 1 aromatic heterocycles. The second kappa shape index (κ2) is 9.98. The minimum atomic E-state index is -4.64. The average molecular weight is 545 g/mol. The summed E-state index contributed by atoms with van der Waals surface area (Å²) in [6.45, 7) is 0. The summed E-state index contributed by atoms with van der Waals surface area (Å²) < 4.78 is 58.3. The fourth-order valence-corrected chi connectivity index (χ4v) is 4.42. The van der Waals surface area contributed by atoms with Crippen molar-refractivity contribution in [3.8, 4) is 17.2 Å². The Bertz CT molecular complexity index is 1280. The lowest BCUT2D eigenvalue weighted by Crippen LogP contribution is -2.35. The first-order chi connectivity index (χ1) is 17.1. The van der Waals surface area contributed by atoms with Crippen LogP contribution in [0.25, 0.3) is 0 Å². The van der Waals surface area contributed by atoms with E-state index in [4.69, 9.17) is 37.4 Å². The fourth-order valence-electron chi connectivity index (χ4n) is 3.93. The molecule has 1 aliphatic rings. The highest BCUT2D eigenvalue weighted by Crippen LogP contribution is 2.46. The summed E-state index contributed by atoms with van der Waals surface area (Å²) in [5.41, 5.74) is 0.375. The molecule has 2 N–H and O–H groups in total. The number of benzene rings is 2. The molecule has 0 unspecified atom stereocenters. The van der Waals surface area contributed by atoms with Crippen molar-refractivity contribution in [1.82, 2.24) is 9.78 Å². The molecule has 4 rings (SSSR count). The number of hydrogen-bond acceptors (Lipinski definition) is 6. The van der Waals surface area contributed by atoms with E-state index in [1.165, 1.54) is 33.5 Å². The maximum Gasteiger partial charge on any atom is 0.410 e. The van der Waals surface area contributed by atoms with Gasteiger partial charge < -0.3 is 24.8 Å². The van der Waals surface area contributed by atoms with E-state index in [1.807, 2.05) is 0 Å². The molecule has 0 bridgehead atoms. The number of carbonyl (C=O) groups excluding carboxylic acids is 1. The predicted molar refractivity (Wildman–Crippen MR) is 129 cm³/mol. The van der Waals surface area contributed by atoms with Gasteiger partial charge in [0.15, 0.2) is 11.7 Å². The minimum Gasteiger partial charge on any atom is -0.497 e. The fraction of sp³-hybridized carbons (Fsp3) is 0.304. The summed E-state index contributed by atoms with van der Waals surface area (Å²) in [5.74, 6) is 0.0765. The summed E-state index contributed by atoms with van der Waals surface area (Å²) in [6, 6.07) is 6.73. The average Bonchev–Trinajstić information content (AvgIpc) is 3.20. The van der Waals surface area contributed by atoms with Gasteiger partial charge in [-0.3, -0.25) is 4.79 Å². The Morgan fingerprint density at radius 3 is 2.33 bits per heavy atom. The first-order valence-electron chi connectivity index (χ1n) is 10.6. The highest BCUT2D eigenvalue weighted by Gasteiger charge is 2.48. The van der Waals surface area contributed by atoms with Crippen molar-refractivity contribution in [2.75, 3.05) is 32.0 Å². The Morgan fingerprint density at radius 2 is 1.75 bits per heavy atom. The SMILES string of the molecule is COc1ccc([C@H]2C[C@H](C(F)(F)F)n3nc(C(=O)Nc4cc(OC)c(Cl)cc4OC)c(Cl)c3N2)cc1. The van der Waals surface area contributed by atoms with Crippen LogP contribution in [0, 0.1) is 0 Å². The second-order valence-electron chi connectivity index (χ2n) is 7.86. The lowest BCUT2D eigenvalue weighted by molar-refractivity contribution is -0.173. The first-order valence-corrected chi connectivity index (χ1v) is 11.3. The molecule has 1 amide bonds. The molecule has 0 radical (unpaired) electrons. The molecule has 0 aliphatic carbocycles. The lowest BCUT2D eigenvalue weighted by atomic mass is 9.97. The zero-order chi connectivity index (χ0) is 26.2. The van der Waals surface area contributed by atoms with E-state index in [9.17, 15) is 18.0 Å². The molecule has 192 valence electrons. The molecule has 2 atom stereocenters. The quantitative estimate of drug-likeness (QED) is 0.388. The standard InChI is InChI=1S/C23H21Cl2F3N4O4/c1-34-12-6-4-11(5-7-12)14-10-18(23(26,27)28)32-21(29-14)19(25)20(31-32)22(33)30-15-9-16(35-2)13(24)8-17(15)36-3/h4-9,14,18,29H,10H2,1-3H3,(H,30,33)/t14-,18-/m1/s1. The van der Waals surface area contributed by atoms with Gasteiger partial charge in [-0.25, -0.2) is 4.68 Å². The van der Waals surface area contributed by atoms with Gasteiger partial charge in [0.2, 0.25) is 0 Å². The van der Waals surface area contributed by atoms with Gasteiger partial charge in [0.25, 0.3) is 5.91 Å². The zero-order valence-corrected chi connectivity index (χ0v) is 20.8. The van der Waals surface area contributed by atoms with Crippen LogP contribution in [0.1, 0.15) is 34.6 Å². The molecule has 2 heterocycles. The minimum absolute atomic E-state index is 0.114. The number of rotatable bonds is 6. The monoisotopic (exact) mass is 544 g/mol. The van der Waals surface area contributed by atoms with Crippen LogP contribution >= 0.6 is 23.2 Å². The van der Waals surface area contributed by atoms with Gasteiger partial charge in [0.05, 0.1) is 38.1 Å². The molecule has 2 aromatic carbocycles. The number of alkyl halides is 3. The molecular weight excluding hydrogens is 524 g/mol. The Hall–Kier alpha value is -3.31. The third kappa shape index (κ3) is 4.85. The van der Waals surface area contributed by atoms with Gasteiger partial charge in [-0.2, -0.15) is 18.3 Å². The molecule has 36 heavy (non-hydrogen) atoms. The number of ether oxygens (including phenoxy) is 3. The molecule has 3 aromatic rings. The molecule has 8 nitrogen and oxygen atoms in total. The van der Waals surface area contributed by atoms with E-state index >= 15 is 0 Å². The van der Waals surface area contributed by atoms with Gasteiger partial charge in [0.1, 0.15) is 28.1 Å². The smallest absolute Gasteiger partial charge is 0.410 e. The molecule has 1 aliphatic heterocycles. The van der Waals surface area contributed by atoms with Gasteiger partial charge in [0, 0.05) is 18.6 Å². The van der Waals surface area contributed by atoms with Gasteiger partial charge in [-0.05, 0) is 17.7 Å². The van der Waals surface area contributed by atoms with E-state index in [0.717, 1.165) is 0 Å². The third-order valence-corrected chi connectivity index (χ3v) is 6.40. The molecular formula is C23H21Cl2F3N4O4. The molecule has 0 spiro atoms. The maximum atomic E-state index is 14.0. The number of fused-ring (bicyclic) bond motifs is 1. The van der Waals surface area contributed by atoms with Crippen molar-refractivity contribution in [2.24, 2.45) is 0 Å². The number of halogens is 5. The molecule has 0 saturated carbocycles. The summed E-state index contributed by atoms with van der Waals surface area (Å²) >= 11 is 12.5. The number of nitrogens with one attached hydrogen (secondary N) is 2. The Kier molecular flexibility index (Phi) is 7.14. The van der Waals surface area contributed by atoms with E-state index in [2.05, 4.69) is 15.7 Å². The summed E-state index contributed by atoms with van der Waals surface area (Å²) in [5, 5.41) is 9.47. The maximum absolute atomic E-state index is 14.0. The molecule has 0 saturated heterocycles. The van der Waals surface area contributed by atoms with Crippen LogP contribution in [0.15, 0.2) is 36.4 Å². The van der Waals surface area contributed by atoms with Crippen molar-refractivity contribution >= 4 is 40.6 Å². The van der Waals surface area contributed by atoms with Crippen molar-refractivity contribution < 1.29 is 32.2 Å². The van der Waals surface area contributed by atoms with Crippen LogP contribution in [0.5, 0.6) is 17.2 Å². The van der Waals surface area contributed by atoms with Crippen molar-refractivity contribution in [3.63, 3.8) is 0 Å². The number of hydrogen-bond donors (Lipinski definition) is 2. The van der Waals surface area contributed by atoms with E-state index in [0.29, 0.717) is 16.0 Å². The summed E-state index contributed by atoms with van der Waals surface area (Å²) in [7, 11) is 4.25. The number of amides is 1. The van der Waals surface area contributed by atoms with Crippen molar-refractivity contribution in [3.05, 3.63) is 57.7 Å². The molecule has 0 fully saturated rings. The third-order valence-electron chi connectivity index (χ3n) is 5.75. The Labute approximate surface area is 214 Å². The number of nitrogens with zero attached hydrogens (tertiary/aromatic N) is 2. The van der Waals surface area contributed by atoms with E-state index in [1.54, 1.807) is 24.3 Å². The van der Waals surface area contributed by atoms with Crippen LogP contribution < -0.4 is 24.8 Å². The summed E-state index contributed by atoms with van der Waals surface area (Å²) in [6.07, 6.45) is -5.00. The number of carbonyl (C=O) groups is 1. The van der Waals surface area contributed by atoms with Crippen LogP contribution in [0.2, 0.25) is 10.0 Å². The molecule has 13 heteroatoms. The lowest BCUT2D eigenvalue weighted by Gasteiger charge is -2.33. The van der Waals surface area contributed by atoms with Crippen LogP contribution in [-0.2, 0) is 0 Å². The topological polar surface area (TPSA) is 86.6 Å². The van der Waals surface area contributed by atoms with E-state index < -0.39 is 24.2 Å². The van der Waals surface area contributed by atoms with E-state index in [-0.39, 0.29) is 45.2 Å². The van der Waals surface area contributed by atoms with Gasteiger partial charge in [-0.15, -0.1) is 0 Å². The number of anilines is 2. The van der Waals surface area contributed by atoms with Gasteiger partial charge in [-0.1, -0.05) is 35.3 Å². The zero-order valence-electron chi connectivity index (χ0n) is 19.2. The highest BCUT2D eigenvalue weighted by atomic mass is 35.5. The van der Waals surface area contributed by atoms with Crippen molar-refractivity contribution in [1.29, 1.82) is 0 Å². The normalized spacial score (nSPS) is 17.1. The Morgan fingerprint density at radius 1 is 1.08 bits per heavy atom. The predicted octanol–water partition coefficient (Wildman–Crippen LogP) is 6.13. The number of methoxy groups -OCH3 is 3. The van der Waals surface area contributed by atoms with Crippen LogP contribution in [0.4, 0.5) is 24.7 Å². The second-order valence-corrected chi connectivity index (χ2v) is 8.65. The van der Waals surface area contributed by atoms with Gasteiger partial charge >= 0.3 is 6.18 Å². The Balaban J connectivity index is 1.70.